The summed E-state index contributed by atoms with van der Waals surface area (Å²) in [6, 6.07) is 8.51. The summed E-state index contributed by atoms with van der Waals surface area (Å²) >= 11 is 0. The molecule has 2 aromatic rings. The first-order valence-corrected chi connectivity index (χ1v) is 9.98. The Morgan fingerprint density at radius 2 is 1.81 bits per heavy atom. The highest BCUT2D eigenvalue weighted by Crippen LogP contribution is 2.10. The van der Waals surface area contributed by atoms with E-state index in [4.69, 9.17) is 9.52 Å². The first-order valence-electron chi connectivity index (χ1n) is 9.98. The molecule has 0 saturated heterocycles. The van der Waals surface area contributed by atoms with Gasteiger partial charge < -0.3 is 15.2 Å². The first-order chi connectivity index (χ1) is 13.1. The molecule has 6 heteroatoms. The van der Waals surface area contributed by atoms with Crippen molar-refractivity contribution in [3.05, 3.63) is 47.1 Å². The zero-order chi connectivity index (χ0) is 19.5. The van der Waals surface area contributed by atoms with Crippen LogP contribution in [0, 0.1) is 6.92 Å². The molecule has 0 aliphatic rings. The van der Waals surface area contributed by atoms with Crippen molar-refractivity contribution in [2.45, 2.75) is 65.8 Å². The number of unbranched alkanes of at least 4 members (excludes halogenated alkanes) is 1. The van der Waals surface area contributed by atoms with Crippen molar-refractivity contribution in [3.8, 4) is 0 Å². The van der Waals surface area contributed by atoms with E-state index >= 15 is 0 Å². The Labute approximate surface area is 162 Å². The maximum absolute atomic E-state index is 5.29. The summed E-state index contributed by atoms with van der Waals surface area (Å²) in [5.74, 6) is 2.64. The Bertz CT molecular complexity index is 691. The molecule has 2 rings (SSSR count). The smallest absolute Gasteiger partial charge is 0.226 e. The van der Waals surface area contributed by atoms with Gasteiger partial charge in [-0.15, -0.1) is 0 Å². The van der Waals surface area contributed by atoms with Gasteiger partial charge in [-0.2, -0.15) is 4.98 Å². The largest absolute Gasteiger partial charge is 0.356 e. The molecular formula is C21H33N5O. The fraction of sp³-hybridized carbons (Fsp3) is 0.571. The van der Waals surface area contributed by atoms with Crippen LogP contribution in [0.25, 0.3) is 0 Å². The third-order valence-corrected chi connectivity index (χ3v) is 4.22. The SMILES string of the molecule is CCCCNC(=NCc1ccc(C)cc1)NCCCc1nc(C(C)C)no1. The maximum Gasteiger partial charge on any atom is 0.226 e. The highest BCUT2D eigenvalue weighted by Gasteiger charge is 2.09. The van der Waals surface area contributed by atoms with Crippen molar-refractivity contribution in [1.82, 2.24) is 20.8 Å². The highest BCUT2D eigenvalue weighted by molar-refractivity contribution is 5.79. The third kappa shape index (κ3) is 7.81. The number of aliphatic imine (C=N–C) groups is 1. The summed E-state index contributed by atoms with van der Waals surface area (Å²) in [5.41, 5.74) is 2.48. The van der Waals surface area contributed by atoms with E-state index in [9.17, 15) is 0 Å². The molecule has 0 aliphatic heterocycles. The molecule has 0 atom stereocenters. The van der Waals surface area contributed by atoms with E-state index in [1.165, 1.54) is 11.1 Å². The molecule has 0 aliphatic carbocycles. The minimum absolute atomic E-state index is 0.295. The molecule has 0 spiro atoms. The molecule has 0 radical (unpaired) electrons. The monoisotopic (exact) mass is 371 g/mol. The average Bonchev–Trinajstić information content (AvgIpc) is 3.13. The molecular weight excluding hydrogens is 338 g/mol. The second-order valence-corrected chi connectivity index (χ2v) is 7.16. The fourth-order valence-electron chi connectivity index (χ4n) is 2.47. The van der Waals surface area contributed by atoms with Gasteiger partial charge in [-0.1, -0.05) is 62.2 Å². The minimum Gasteiger partial charge on any atom is -0.356 e. The van der Waals surface area contributed by atoms with Gasteiger partial charge in [-0.3, -0.25) is 0 Å². The fourth-order valence-corrected chi connectivity index (χ4v) is 2.47. The van der Waals surface area contributed by atoms with E-state index in [-0.39, 0.29) is 0 Å². The molecule has 0 amide bonds. The predicted molar refractivity (Wildman–Crippen MR) is 110 cm³/mol. The molecule has 1 aromatic carbocycles. The first kappa shape index (κ1) is 20.9. The van der Waals surface area contributed by atoms with E-state index in [0.29, 0.717) is 18.4 Å². The van der Waals surface area contributed by atoms with Crippen molar-refractivity contribution in [2.75, 3.05) is 13.1 Å². The Hall–Kier alpha value is -2.37. The lowest BCUT2D eigenvalue weighted by Gasteiger charge is -2.12. The van der Waals surface area contributed by atoms with Crippen molar-refractivity contribution in [1.29, 1.82) is 0 Å². The predicted octanol–water partition coefficient (Wildman–Crippen LogP) is 3.97. The Kier molecular flexibility index (Phi) is 8.81. The number of nitrogens with one attached hydrogen (secondary N) is 2. The van der Waals surface area contributed by atoms with Gasteiger partial charge in [0.25, 0.3) is 0 Å². The highest BCUT2D eigenvalue weighted by atomic mass is 16.5. The summed E-state index contributed by atoms with van der Waals surface area (Å²) < 4.78 is 5.29. The lowest BCUT2D eigenvalue weighted by Crippen LogP contribution is -2.38. The Morgan fingerprint density at radius 1 is 1.11 bits per heavy atom. The van der Waals surface area contributed by atoms with Crippen LogP contribution in [0.15, 0.2) is 33.8 Å². The van der Waals surface area contributed by atoms with Gasteiger partial charge in [-0.25, -0.2) is 4.99 Å². The summed E-state index contributed by atoms with van der Waals surface area (Å²) in [6.45, 7) is 10.8. The van der Waals surface area contributed by atoms with Crippen LogP contribution in [0.1, 0.15) is 68.8 Å². The second-order valence-electron chi connectivity index (χ2n) is 7.16. The molecule has 1 heterocycles. The standard InChI is InChI=1S/C21H33N5O/c1-5-6-13-22-21(24-15-18-11-9-17(4)10-12-18)23-14-7-8-19-25-20(16(2)3)26-27-19/h9-12,16H,5-8,13-15H2,1-4H3,(H2,22,23,24). The number of hydrogen-bond donors (Lipinski definition) is 2. The van der Waals surface area contributed by atoms with Crippen LogP contribution in [0.4, 0.5) is 0 Å². The van der Waals surface area contributed by atoms with Crippen LogP contribution in [-0.2, 0) is 13.0 Å². The molecule has 6 nitrogen and oxygen atoms in total. The van der Waals surface area contributed by atoms with Gasteiger partial charge in [-0.05, 0) is 25.3 Å². The van der Waals surface area contributed by atoms with Gasteiger partial charge in [0.2, 0.25) is 5.89 Å². The van der Waals surface area contributed by atoms with Gasteiger partial charge in [0.05, 0.1) is 6.54 Å². The van der Waals surface area contributed by atoms with Crippen LogP contribution < -0.4 is 10.6 Å². The molecule has 0 fully saturated rings. The molecule has 1 aromatic heterocycles. The zero-order valence-corrected chi connectivity index (χ0v) is 17.1. The zero-order valence-electron chi connectivity index (χ0n) is 17.1. The number of benzene rings is 1. The van der Waals surface area contributed by atoms with Crippen LogP contribution in [0.2, 0.25) is 0 Å². The average molecular weight is 372 g/mol. The molecule has 2 N–H and O–H groups in total. The number of hydrogen-bond acceptors (Lipinski definition) is 4. The number of rotatable bonds is 10. The molecule has 0 unspecified atom stereocenters. The minimum atomic E-state index is 0.295. The quantitative estimate of drug-likeness (QED) is 0.375. The second kappa shape index (κ2) is 11.4. The van der Waals surface area contributed by atoms with Crippen LogP contribution in [0.5, 0.6) is 0 Å². The molecule has 27 heavy (non-hydrogen) atoms. The third-order valence-electron chi connectivity index (χ3n) is 4.22. The van der Waals surface area contributed by atoms with Crippen molar-refractivity contribution in [2.24, 2.45) is 4.99 Å². The van der Waals surface area contributed by atoms with Crippen molar-refractivity contribution >= 4 is 5.96 Å². The van der Waals surface area contributed by atoms with Crippen LogP contribution in [0.3, 0.4) is 0 Å². The van der Waals surface area contributed by atoms with Crippen LogP contribution in [-0.4, -0.2) is 29.2 Å². The number of nitrogens with zero attached hydrogens (tertiary/aromatic N) is 3. The maximum atomic E-state index is 5.29. The Morgan fingerprint density at radius 3 is 2.44 bits per heavy atom. The van der Waals surface area contributed by atoms with E-state index < -0.39 is 0 Å². The van der Waals surface area contributed by atoms with Gasteiger partial charge in [0, 0.05) is 25.4 Å². The van der Waals surface area contributed by atoms with E-state index in [2.05, 4.69) is 72.7 Å². The van der Waals surface area contributed by atoms with Gasteiger partial charge >= 0.3 is 0 Å². The number of aromatic nitrogens is 2. The van der Waals surface area contributed by atoms with E-state index in [1.54, 1.807) is 0 Å². The van der Waals surface area contributed by atoms with E-state index in [0.717, 1.165) is 50.6 Å². The van der Waals surface area contributed by atoms with E-state index in [1.807, 2.05) is 0 Å². The van der Waals surface area contributed by atoms with Crippen molar-refractivity contribution < 1.29 is 4.52 Å². The van der Waals surface area contributed by atoms with Gasteiger partial charge in [0.15, 0.2) is 11.8 Å². The summed E-state index contributed by atoms with van der Waals surface area (Å²) in [7, 11) is 0. The summed E-state index contributed by atoms with van der Waals surface area (Å²) in [4.78, 5) is 9.13. The van der Waals surface area contributed by atoms with Gasteiger partial charge in [0.1, 0.15) is 0 Å². The van der Waals surface area contributed by atoms with Crippen LogP contribution >= 0.6 is 0 Å². The number of guanidine groups is 1. The summed E-state index contributed by atoms with van der Waals surface area (Å²) in [5, 5.41) is 10.8. The number of aryl methyl sites for hydroxylation is 2. The lowest BCUT2D eigenvalue weighted by molar-refractivity contribution is 0.368. The topological polar surface area (TPSA) is 75.3 Å². The molecule has 0 saturated carbocycles. The lowest BCUT2D eigenvalue weighted by atomic mass is 10.1. The normalized spacial score (nSPS) is 11.8. The molecule has 148 valence electrons. The summed E-state index contributed by atoms with van der Waals surface area (Å²) in [6.07, 6.45) is 3.98. The Balaban J connectivity index is 1.81. The molecule has 0 bridgehead atoms. The van der Waals surface area contributed by atoms with Crippen molar-refractivity contribution in [3.63, 3.8) is 0 Å².